The number of nitrogens with two attached hydrogens (primary N) is 1. The first-order valence-corrected chi connectivity index (χ1v) is 10.5. The van der Waals surface area contributed by atoms with E-state index in [-0.39, 0.29) is 13.2 Å². The fourth-order valence-electron chi connectivity index (χ4n) is 2.92. The SMILES string of the molecule is CNC(=CN([NH3+])CCCO)CN(CC([NH3+])=CN(N)CCCO)Cc1cn(CC=CO)nn1. The summed E-state index contributed by atoms with van der Waals surface area (Å²) in [5.74, 6) is 9.94. The van der Waals surface area contributed by atoms with Gasteiger partial charge in [0.15, 0.2) is 0 Å². The molecule has 13 nitrogen and oxygen atoms in total. The van der Waals surface area contributed by atoms with Crippen molar-refractivity contribution >= 4 is 0 Å². The van der Waals surface area contributed by atoms with Crippen molar-refractivity contribution in [1.29, 1.82) is 0 Å². The second-order valence-electron chi connectivity index (χ2n) is 7.36. The molecule has 0 aliphatic carbocycles. The van der Waals surface area contributed by atoms with E-state index < -0.39 is 0 Å². The molecule has 12 N–H and O–H groups in total. The molecule has 0 fully saturated rings. The summed E-state index contributed by atoms with van der Waals surface area (Å²) in [6, 6.07) is 0. The molecule has 0 aliphatic heterocycles. The van der Waals surface area contributed by atoms with E-state index in [1.807, 2.05) is 19.4 Å². The maximum atomic E-state index is 9.02. The molecule has 1 rings (SSSR count). The summed E-state index contributed by atoms with van der Waals surface area (Å²) >= 11 is 0. The van der Waals surface area contributed by atoms with Gasteiger partial charge in [-0.15, -0.1) is 5.10 Å². The van der Waals surface area contributed by atoms with Crippen LogP contribution in [0.2, 0.25) is 0 Å². The molecule has 0 radical (unpaired) electrons. The van der Waals surface area contributed by atoms with Gasteiger partial charge in [-0.1, -0.05) is 5.21 Å². The van der Waals surface area contributed by atoms with E-state index in [2.05, 4.69) is 32.1 Å². The normalized spacial score (nSPS) is 12.7. The van der Waals surface area contributed by atoms with Gasteiger partial charge in [0.1, 0.15) is 5.70 Å². The van der Waals surface area contributed by atoms with E-state index in [9.17, 15) is 0 Å². The lowest BCUT2D eigenvalue weighted by Crippen LogP contribution is -2.65. The van der Waals surface area contributed by atoms with Crippen LogP contribution in [0.5, 0.6) is 0 Å². The summed E-state index contributed by atoms with van der Waals surface area (Å²) in [4.78, 5) is 2.14. The van der Waals surface area contributed by atoms with Crippen molar-refractivity contribution in [3.05, 3.63) is 48.0 Å². The minimum absolute atomic E-state index is 0.0788. The molecule has 13 heteroatoms. The van der Waals surface area contributed by atoms with Crippen LogP contribution in [0.1, 0.15) is 18.5 Å². The minimum atomic E-state index is 0.0788. The highest BCUT2D eigenvalue weighted by Gasteiger charge is 2.15. The number of quaternary nitrogens is 2. The third-order valence-electron chi connectivity index (χ3n) is 4.38. The molecule has 182 valence electrons. The maximum absolute atomic E-state index is 9.02. The molecule has 1 aromatic rings. The Labute approximate surface area is 189 Å². The van der Waals surface area contributed by atoms with Crippen molar-refractivity contribution in [2.24, 2.45) is 5.84 Å². The number of aliphatic hydroxyl groups excluding tert-OH is 3. The van der Waals surface area contributed by atoms with Crippen LogP contribution in [0.4, 0.5) is 0 Å². The van der Waals surface area contributed by atoms with E-state index in [0.29, 0.717) is 52.1 Å². The van der Waals surface area contributed by atoms with Gasteiger partial charge in [-0.25, -0.2) is 15.5 Å². The third kappa shape index (κ3) is 11.6. The summed E-state index contributed by atoms with van der Waals surface area (Å²) in [6.07, 6.45) is 9.28. The number of allylic oxidation sites excluding steroid dienone is 1. The fraction of sp³-hybridized carbons (Fsp3) is 0.579. The zero-order valence-corrected chi connectivity index (χ0v) is 19.0. The number of aliphatic hydroxyl groups is 3. The van der Waals surface area contributed by atoms with Gasteiger partial charge in [0.25, 0.3) is 0 Å². The lowest BCUT2D eigenvalue weighted by atomic mass is 10.3. The average molecular weight is 457 g/mol. The van der Waals surface area contributed by atoms with Crippen LogP contribution in [0.3, 0.4) is 0 Å². The Balaban J connectivity index is 2.94. The number of hydrogen-bond acceptors (Lipinski definition) is 10. The largest absolute Gasteiger partial charge is 0.516 e. The molecule has 0 amide bonds. The van der Waals surface area contributed by atoms with Crippen LogP contribution >= 0.6 is 0 Å². The molecule has 0 aliphatic rings. The maximum Gasteiger partial charge on any atom is 0.136 e. The molecule has 0 unspecified atom stereocenters. The number of hydrogen-bond donors (Lipinski definition) is 7. The number of nitrogens with one attached hydrogen (secondary N) is 1. The van der Waals surface area contributed by atoms with Gasteiger partial charge in [-0.2, -0.15) is 0 Å². The van der Waals surface area contributed by atoms with E-state index in [0.717, 1.165) is 23.4 Å². The zero-order valence-electron chi connectivity index (χ0n) is 19.0. The number of aromatic nitrogens is 3. The average Bonchev–Trinajstić information content (AvgIpc) is 3.21. The monoisotopic (exact) mass is 456 g/mol. The molecule has 32 heavy (non-hydrogen) atoms. The zero-order chi connectivity index (χ0) is 23.8. The third-order valence-corrected chi connectivity index (χ3v) is 4.38. The van der Waals surface area contributed by atoms with Crippen molar-refractivity contribution in [1.82, 2.24) is 35.2 Å². The molecule has 0 saturated heterocycles. The lowest BCUT2D eigenvalue weighted by molar-refractivity contribution is -0.555. The van der Waals surface area contributed by atoms with Crippen molar-refractivity contribution in [2.45, 2.75) is 25.9 Å². The Hall–Kier alpha value is -2.68. The van der Waals surface area contributed by atoms with Crippen LogP contribution in [0, 0.1) is 0 Å². The summed E-state index contributed by atoms with van der Waals surface area (Å²) in [7, 11) is 1.85. The molecule has 0 aromatic carbocycles. The predicted octanol–water partition coefficient (Wildman–Crippen LogP) is -3.30. The number of rotatable bonds is 17. The highest BCUT2D eigenvalue weighted by Crippen LogP contribution is 2.06. The summed E-state index contributed by atoms with van der Waals surface area (Å²) in [5.41, 5.74) is 6.63. The van der Waals surface area contributed by atoms with E-state index >= 15 is 0 Å². The van der Waals surface area contributed by atoms with Crippen LogP contribution in [0.25, 0.3) is 0 Å². The summed E-state index contributed by atoms with van der Waals surface area (Å²) in [5, 5.41) is 41.6. The fourth-order valence-corrected chi connectivity index (χ4v) is 2.92. The van der Waals surface area contributed by atoms with Gasteiger partial charge < -0.3 is 31.4 Å². The topological polar surface area (TPSA) is 194 Å². The summed E-state index contributed by atoms with van der Waals surface area (Å²) in [6.45, 7) is 3.41. The molecule has 0 bridgehead atoms. The van der Waals surface area contributed by atoms with Crippen molar-refractivity contribution < 1.29 is 26.9 Å². The van der Waals surface area contributed by atoms with E-state index in [4.69, 9.17) is 21.2 Å². The van der Waals surface area contributed by atoms with E-state index in [1.165, 1.54) is 5.01 Å². The first-order chi connectivity index (χ1) is 15.4. The number of likely N-dealkylation sites (N-methyl/N-ethyl adjacent to an activating group) is 1. The Morgan fingerprint density at radius 2 is 1.94 bits per heavy atom. The van der Waals surface area contributed by atoms with Gasteiger partial charge in [-0.05, 0) is 18.9 Å². The molecule has 0 saturated carbocycles. The van der Waals surface area contributed by atoms with Crippen LogP contribution in [0.15, 0.2) is 42.3 Å². The lowest BCUT2D eigenvalue weighted by Gasteiger charge is -2.23. The predicted molar refractivity (Wildman–Crippen MR) is 119 cm³/mol. The van der Waals surface area contributed by atoms with Crippen molar-refractivity contribution in [3.8, 4) is 0 Å². The first-order valence-electron chi connectivity index (χ1n) is 10.5. The van der Waals surface area contributed by atoms with Crippen molar-refractivity contribution in [3.63, 3.8) is 0 Å². The second-order valence-corrected chi connectivity index (χ2v) is 7.36. The van der Waals surface area contributed by atoms with Gasteiger partial charge in [0, 0.05) is 45.6 Å². The first kappa shape index (κ1) is 27.4. The van der Waals surface area contributed by atoms with Gasteiger partial charge in [0.05, 0.1) is 50.2 Å². The Morgan fingerprint density at radius 3 is 2.59 bits per heavy atom. The van der Waals surface area contributed by atoms with E-state index in [1.54, 1.807) is 22.0 Å². The molecular formula is C19H40N10O3+2. The number of hydrazine groups is 1. The molecule has 1 heterocycles. The molecule has 1 aromatic heterocycles. The summed E-state index contributed by atoms with van der Waals surface area (Å²) < 4.78 is 1.64. The highest BCUT2D eigenvalue weighted by molar-refractivity contribution is 5.04. The molecule has 0 spiro atoms. The van der Waals surface area contributed by atoms with Crippen molar-refractivity contribution in [2.75, 3.05) is 46.4 Å². The molecular weight excluding hydrogens is 416 g/mol. The minimum Gasteiger partial charge on any atom is -0.516 e. The standard InChI is InChI=1S/C19H38N10O3/c1-23-18(15-28(22)6-3-9-31)13-26(11-17(20)12-27(21)5-2-8-30)14-19-16-29(25-24-19)7-4-10-32/h4,10,12,15-16,23,30-32H,2-3,5-9,11,13-14,20-22H2,1H3/p+2. The second kappa shape index (κ2) is 16.0. The van der Waals surface area contributed by atoms with Gasteiger partial charge in [0.2, 0.25) is 0 Å². The number of nitrogens with zero attached hydrogens (tertiary/aromatic N) is 6. The highest BCUT2D eigenvalue weighted by atomic mass is 16.3. The molecule has 0 atom stereocenters. The van der Waals surface area contributed by atoms with Gasteiger partial charge in [-0.3, -0.25) is 10.7 Å². The quantitative estimate of drug-likeness (QED) is 0.0708. The van der Waals surface area contributed by atoms with Crippen LogP contribution in [-0.2, 0) is 13.1 Å². The Morgan fingerprint density at radius 1 is 1.22 bits per heavy atom. The Bertz CT molecular complexity index is 722. The van der Waals surface area contributed by atoms with Crippen LogP contribution < -0.4 is 22.7 Å². The van der Waals surface area contributed by atoms with Crippen LogP contribution in [-0.4, -0.2) is 91.7 Å². The van der Waals surface area contributed by atoms with Gasteiger partial charge >= 0.3 is 0 Å². The smallest absolute Gasteiger partial charge is 0.136 e. The Kier molecular flexibility index (Phi) is 13.7.